The monoisotopic (exact) mass is 343 g/mol. The summed E-state index contributed by atoms with van der Waals surface area (Å²) >= 11 is 13.3. The van der Waals surface area contributed by atoms with E-state index in [1.165, 1.54) is 23.9 Å². The molecule has 2 nitrogen and oxygen atoms in total. The normalized spacial score (nSPS) is 12.0. The molecule has 0 fully saturated rings. The average Bonchev–Trinajstić information content (AvgIpc) is 2.46. The van der Waals surface area contributed by atoms with Crippen molar-refractivity contribution in [2.24, 2.45) is 0 Å². The quantitative estimate of drug-likeness (QED) is 0.768. The number of hydrogen-bond acceptors (Lipinski definition) is 2. The Morgan fingerprint density at radius 2 is 1.86 bits per heavy atom. The molecule has 2 aromatic rings. The van der Waals surface area contributed by atoms with E-state index in [2.05, 4.69) is 5.32 Å². The van der Waals surface area contributed by atoms with Crippen LogP contribution in [0.1, 0.15) is 6.92 Å². The predicted octanol–water partition coefficient (Wildman–Crippen LogP) is 5.25. The highest BCUT2D eigenvalue weighted by atomic mass is 35.5. The van der Waals surface area contributed by atoms with E-state index in [0.717, 1.165) is 4.90 Å². The van der Waals surface area contributed by atoms with Crippen LogP contribution in [0.3, 0.4) is 0 Å². The SMILES string of the molecule is CC(Sc1ccc(F)cc1)C(=O)Nc1cccc(Cl)c1Cl. The fourth-order valence-corrected chi connectivity index (χ4v) is 2.82. The zero-order valence-electron chi connectivity index (χ0n) is 11.1. The van der Waals surface area contributed by atoms with Gasteiger partial charge in [0.1, 0.15) is 5.82 Å². The molecule has 1 amide bonds. The Hall–Kier alpha value is -1.23. The maximum Gasteiger partial charge on any atom is 0.237 e. The summed E-state index contributed by atoms with van der Waals surface area (Å²) < 4.78 is 12.8. The molecule has 0 radical (unpaired) electrons. The van der Waals surface area contributed by atoms with E-state index < -0.39 is 0 Å². The highest BCUT2D eigenvalue weighted by Gasteiger charge is 2.16. The zero-order chi connectivity index (χ0) is 15.4. The van der Waals surface area contributed by atoms with E-state index in [0.29, 0.717) is 15.7 Å². The second-order valence-electron chi connectivity index (χ2n) is 4.30. The second kappa shape index (κ2) is 7.16. The molecule has 0 aromatic heterocycles. The van der Waals surface area contributed by atoms with Gasteiger partial charge in [-0.05, 0) is 43.3 Å². The van der Waals surface area contributed by atoms with Crippen molar-refractivity contribution in [1.29, 1.82) is 0 Å². The molecule has 0 saturated carbocycles. The van der Waals surface area contributed by atoms with Gasteiger partial charge in [0, 0.05) is 4.90 Å². The Balaban J connectivity index is 2.02. The number of halogens is 3. The van der Waals surface area contributed by atoms with Gasteiger partial charge >= 0.3 is 0 Å². The molecule has 1 N–H and O–H groups in total. The van der Waals surface area contributed by atoms with Crippen LogP contribution >= 0.6 is 35.0 Å². The first-order valence-electron chi connectivity index (χ1n) is 6.14. The van der Waals surface area contributed by atoms with Gasteiger partial charge in [-0.1, -0.05) is 29.3 Å². The van der Waals surface area contributed by atoms with Crippen LogP contribution in [-0.4, -0.2) is 11.2 Å². The summed E-state index contributed by atoms with van der Waals surface area (Å²) in [5, 5.41) is 3.07. The fraction of sp³-hybridized carbons (Fsp3) is 0.133. The third-order valence-electron chi connectivity index (χ3n) is 2.71. The topological polar surface area (TPSA) is 29.1 Å². The number of hydrogen-bond donors (Lipinski definition) is 1. The minimum absolute atomic E-state index is 0.200. The summed E-state index contributed by atoms with van der Waals surface area (Å²) in [4.78, 5) is 13.0. The Kier molecular flexibility index (Phi) is 5.51. The van der Waals surface area contributed by atoms with E-state index in [1.54, 1.807) is 37.3 Å². The van der Waals surface area contributed by atoms with Gasteiger partial charge in [0.25, 0.3) is 0 Å². The third-order valence-corrected chi connectivity index (χ3v) is 4.64. The number of benzene rings is 2. The second-order valence-corrected chi connectivity index (χ2v) is 6.50. The molecule has 0 aliphatic rings. The van der Waals surface area contributed by atoms with E-state index in [-0.39, 0.29) is 17.0 Å². The number of thioether (sulfide) groups is 1. The van der Waals surface area contributed by atoms with E-state index in [4.69, 9.17) is 23.2 Å². The summed E-state index contributed by atoms with van der Waals surface area (Å²) in [6.45, 7) is 1.77. The minimum Gasteiger partial charge on any atom is -0.324 e. The van der Waals surface area contributed by atoms with Crippen LogP contribution in [0.15, 0.2) is 47.4 Å². The maximum atomic E-state index is 12.8. The van der Waals surface area contributed by atoms with Crippen molar-refractivity contribution in [1.82, 2.24) is 0 Å². The lowest BCUT2D eigenvalue weighted by Crippen LogP contribution is -2.22. The Morgan fingerprint density at radius 1 is 1.19 bits per heavy atom. The minimum atomic E-state index is -0.356. The molecule has 0 saturated heterocycles. The molecule has 0 aliphatic carbocycles. The first-order chi connectivity index (χ1) is 9.97. The molecule has 1 atom stereocenters. The molecule has 2 aromatic carbocycles. The van der Waals surface area contributed by atoms with Crippen molar-refractivity contribution in [2.75, 3.05) is 5.32 Å². The van der Waals surface area contributed by atoms with Crippen LogP contribution in [0.5, 0.6) is 0 Å². The van der Waals surface area contributed by atoms with E-state index in [9.17, 15) is 9.18 Å². The Bertz CT molecular complexity index is 649. The molecule has 0 bridgehead atoms. The summed E-state index contributed by atoms with van der Waals surface area (Å²) in [6.07, 6.45) is 0. The Labute approximate surface area is 136 Å². The third kappa shape index (κ3) is 4.37. The molecule has 2 rings (SSSR count). The molecule has 6 heteroatoms. The molecule has 1 unspecified atom stereocenters. The van der Waals surface area contributed by atoms with Crippen LogP contribution in [0.25, 0.3) is 0 Å². The number of carbonyl (C=O) groups excluding carboxylic acids is 1. The zero-order valence-corrected chi connectivity index (χ0v) is 13.4. The molecule has 0 spiro atoms. The van der Waals surface area contributed by atoms with Crippen molar-refractivity contribution in [3.8, 4) is 0 Å². The average molecular weight is 344 g/mol. The molecular formula is C15H12Cl2FNOS. The highest BCUT2D eigenvalue weighted by Crippen LogP contribution is 2.30. The molecule has 0 aliphatic heterocycles. The number of nitrogens with one attached hydrogen (secondary N) is 1. The van der Waals surface area contributed by atoms with Gasteiger partial charge in [0.05, 0.1) is 21.0 Å². The summed E-state index contributed by atoms with van der Waals surface area (Å²) in [5.74, 6) is -0.504. The van der Waals surface area contributed by atoms with Crippen molar-refractivity contribution in [2.45, 2.75) is 17.1 Å². The van der Waals surface area contributed by atoms with Gasteiger partial charge in [-0.15, -0.1) is 11.8 Å². The van der Waals surface area contributed by atoms with Crippen molar-refractivity contribution in [3.05, 3.63) is 58.3 Å². The van der Waals surface area contributed by atoms with Gasteiger partial charge in [-0.25, -0.2) is 4.39 Å². The first-order valence-corrected chi connectivity index (χ1v) is 7.78. The highest BCUT2D eigenvalue weighted by molar-refractivity contribution is 8.00. The molecule has 110 valence electrons. The maximum absolute atomic E-state index is 12.8. The van der Waals surface area contributed by atoms with Gasteiger partial charge in [0.15, 0.2) is 0 Å². The number of carbonyl (C=O) groups is 1. The summed E-state index contributed by atoms with van der Waals surface area (Å²) in [6, 6.07) is 11.0. The van der Waals surface area contributed by atoms with Crippen LogP contribution in [0.4, 0.5) is 10.1 Å². The summed E-state index contributed by atoms with van der Waals surface area (Å²) in [5.41, 5.74) is 0.473. The van der Waals surface area contributed by atoms with Crippen LogP contribution < -0.4 is 5.32 Å². The summed E-state index contributed by atoms with van der Waals surface area (Å²) in [7, 11) is 0. The molecule has 21 heavy (non-hydrogen) atoms. The van der Waals surface area contributed by atoms with Crippen molar-refractivity contribution in [3.63, 3.8) is 0 Å². The fourth-order valence-electron chi connectivity index (χ4n) is 1.61. The number of rotatable bonds is 4. The lowest BCUT2D eigenvalue weighted by atomic mass is 10.3. The van der Waals surface area contributed by atoms with E-state index in [1.807, 2.05) is 0 Å². The largest absolute Gasteiger partial charge is 0.324 e. The number of amides is 1. The van der Waals surface area contributed by atoms with E-state index >= 15 is 0 Å². The lowest BCUT2D eigenvalue weighted by Gasteiger charge is -2.13. The standard InChI is InChI=1S/C15H12Cl2FNOS/c1-9(21-11-7-5-10(18)6-8-11)15(20)19-13-4-2-3-12(16)14(13)17/h2-9H,1H3,(H,19,20). The lowest BCUT2D eigenvalue weighted by molar-refractivity contribution is -0.115. The van der Waals surface area contributed by atoms with Crippen LogP contribution in [0.2, 0.25) is 10.0 Å². The Morgan fingerprint density at radius 3 is 2.52 bits per heavy atom. The smallest absolute Gasteiger partial charge is 0.237 e. The van der Waals surface area contributed by atoms with Gasteiger partial charge in [-0.2, -0.15) is 0 Å². The number of anilines is 1. The van der Waals surface area contributed by atoms with Crippen LogP contribution in [-0.2, 0) is 4.79 Å². The molecular weight excluding hydrogens is 332 g/mol. The van der Waals surface area contributed by atoms with Gasteiger partial charge in [-0.3, -0.25) is 4.79 Å². The first kappa shape index (κ1) is 16.1. The predicted molar refractivity (Wildman–Crippen MR) is 86.8 cm³/mol. The van der Waals surface area contributed by atoms with Gasteiger partial charge in [0.2, 0.25) is 5.91 Å². The van der Waals surface area contributed by atoms with Crippen molar-refractivity contribution < 1.29 is 9.18 Å². The van der Waals surface area contributed by atoms with Gasteiger partial charge < -0.3 is 5.32 Å². The van der Waals surface area contributed by atoms with Crippen molar-refractivity contribution >= 4 is 46.6 Å². The molecule has 0 heterocycles. The van der Waals surface area contributed by atoms with Crippen LogP contribution in [0, 0.1) is 5.82 Å².